The first kappa shape index (κ1) is 11.3. The summed E-state index contributed by atoms with van der Waals surface area (Å²) in [6.07, 6.45) is 0. The van der Waals surface area contributed by atoms with Crippen molar-refractivity contribution >= 4 is 17.1 Å². The topological polar surface area (TPSA) is 47.3 Å². The number of methoxy groups -OCH3 is 1. The molecule has 0 unspecified atom stereocenters. The van der Waals surface area contributed by atoms with Crippen molar-refractivity contribution < 1.29 is 9.13 Å². The molecule has 0 saturated heterocycles. The molecule has 4 heteroatoms. The van der Waals surface area contributed by atoms with Crippen LogP contribution in [0.3, 0.4) is 0 Å². The molecule has 0 atom stereocenters. The van der Waals surface area contributed by atoms with E-state index in [-0.39, 0.29) is 5.82 Å². The normalized spacial score (nSPS) is 10.0. The number of halogens is 1. The van der Waals surface area contributed by atoms with E-state index in [4.69, 9.17) is 10.5 Å². The van der Waals surface area contributed by atoms with E-state index in [0.29, 0.717) is 17.1 Å². The lowest BCUT2D eigenvalue weighted by molar-refractivity contribution is 0.416. The predicted molar refractivity (Wildman–Crippen MR) is 67.1 cm³/mol. The Morgan fingerprint density at radius 2 is 1.88 bits per heavy atom. The second-order valence-corrected chi connectivity index (χ2v) is 3.56. The summed E-state index contributed by atoms with van der Waals surface area (Å²) in [5.41, 5.74) is 7.66. The first-order valence-electron chi connectivity index (χ1n) is 5.16. The van der Waals surface area contributed by atoms with Crippen LogP contribution in [0.2, 0.25) is 0 Å². The number of nitrogens with one attached hydrogen (secondary N) is 1. The number of anilines is 3. The van der Waals surface area contributed by atoms with Crippen LogP contribution in [0.15, 0.2) is 42.5 Å². The van der Waals surface area contributed by atoms with Crippen LogP contribution in [0.4, 0.5) is 21.5 Å². The molecule has 0 radical (unpaired) electrons. The van der Waals surface area contributed by atoms with Crippen LogP contribution in [0.5, 0.6) is 5.75 Å². The zero-order chi connectivity index (χ0) is 12.3. The zero-order valence-electron chi connectivity index (χ0n) is 9.41. The summed E-state index contributed by atoms with van der Waals surface area (Å²) >= 11 is 0. The van der Waals surface area contributed by atoms with Gasteiger partial charge in [-0.25, -0.2) is 4.39 Å². The Hall–Kier alpha value is -2.23. The molecule has 3 N–H and O–H groups in total. The fraction of sp³-hybridized carbons (Fsp3) is 0.0769. The zero-order valence-corrected chi connectivity index (χ0v) is 9.41. The number of ether oxygens (including phenoxy) is 1. The molecule has 17 heavy (non-hydrogen) atoms. The number of nitrogen functional groups attached to an aromatic ring is 1. The Kier molecular flexibility index (Phi) is 3.14. The van der Waals surface area contributed by atoms with Gasteiger partial charge in [-0.15, -0.1) is 0 Å². The van der Waals surface area contributed by atoms with Crippen LogP contribution in [0.25, 0.3) is 0 Å². The molecular weight excluding hydrogens is 219 g/mol. The fourth-order valence-electron chi connectivity index (χ4n) is 1.53. The van der Waals surface area contributed by atoms with Crippen molar-refractivity contribution in [2.45, 2.75) is 0 Å². The molecule has 0 fully saturated rings. The van der Waals surface area contributed by atoms with Crippen molar-refractivity contribution in [3.63, 3.8) is 0 Å². The maximum atomic E-state index is 13.2. The van der Waals surface area contributed by atoms with E-state index in [1.165, 1.54) is 19.2 Å². The maximum Gasteiger partial charge on any atom is 0.142 e. The van der Waals surface area contributed by atoms with Crippen molar-refractivity contribution in [1.82, 2.24) is 0 Å². The molecule has 0 bridgehead atoms. The van der Waals surface area contributed by atoms with Crippen LogP contribution in [-0.2, 0) is 0 Å². The fourth-order valence-corrected chi connectivity index (χ4v) is 1.53. The number of benzene rings is 2. The van der Waals surface area contributed by atoms with E-state index in [0.717, 1.165) is 5.69 Å². The van der Waals surface area contributed by atoms with Gasteiger partial charge in [0.2, 0.25) is 0 Å². The summed E-state index contributed by atoms with van der Waals surface area (Å²) in [7, 11) is 1.53. The quantitative estimate of drug-likeness (QED) is 0.799. The molecular formula is C13H13FN2O. The molecule has 0 aromatic heterocycles. The Morgan fingerprint density at radius 3 is 2.59 bits per heavy atom. The molecule has 3 nitrogen and oxygen atoms in total. The minimum absolute atomic E-state index is 0.331. The molecule has 2 aromatic rings. The van der Waals surface area contributed by atoms with Gasteiger partial charge < -0.3 is 15.8 Å². The van der Waals surface area contributed by atoms with E-state index in [1.807, 2.05) is 18.2 Å². The number of nitrogens with two attached hydrogens (primary N) is 1. The average molecular weight is 232 g/mol. The minimum atomic E-state index is -0.331. The van der Waals surface area contributed by atoms with Gasteiger partial charge >= 0.3 is 0 Å². The molecule has 88 valence electrons. The van der Waals surface area contributed by atoms with E-state index in [1.54, 1.807) is 12.1 Å². The first-order chi connectivity index (χ1) is 8.20. The van der Waals surface area contributed by atoms with Crippen LogP contribution >= 0.6 is 0 Å². The SMILES string of the molecule is COc1ccc(F)cc1Nc1ccccc1N. The molecule has 0 heterocycles. The monoisotopic (exact) mass is 232 g/mol. The van der Waals surface area contributed by atoms with Gasteiger partial charge in [0.25, 0.3) is 0 Å². The van der Waals surface area contributed by atoms with Crippen molar-refractivity contribution in [2.24, 2.45) is 0 Å². The second-order valence-electron chi connectivity index (χ2n) is 3.56. The van der Waals surface area contributed by atoms with Crippen LogP contribution < -0.4 is 15.8 Å². The highest BCUT2D eigenvalue weighted by Gasteiger charge is 2.06. The highest BCUT2D eigenvalue weighted by atomic mass is 19.1. The standard InChI is InChI=1S/C13H13FN2O/c1-17-13-7-6-9(14)8-12(13)16-11-5-3-2-4-10(11)15/h2-8,16H,15H2,1H3. The molecule has 0 amide bonds. The third-order valence-corrected chi connectivity index (χ3v) is 2.39. The van der Waals surface area contributed by atoms with Crippen molar-refractivity contribution in [2.75, 3.05) is 18.2 Å². The van der Waals surface area contributed by atoms with Crippen molar-refractivity contribution in [3.8, 4) is 5.75 Å². The van der Waals surface area contributed by atoms with E-state index in [2.05, 4.69) is 5.32 Å². The molecule has 0 saturated carbocycles. The van der Waals surface area contributed by atoms with Crippen molar-refractivity contribution in [3.05, 3.63) is 48.3 Å². The molecule has 2 rings (SSSR count). The summed E-state index contributed by atoms with van der Waals surface area (Å²) < 4.78 is 18.3. The number of para-hydroxylation sites is 2. The van der Waals surface area contributed by atoms with Gasteiger partial charge in [0.05, 0.1) is 24.2 Å². The lowest BCUT2D eigenvalue weighted by Gasteiger charge is -2.12. The minimum Gasteiger partial charge on any atom is -0.495 e. The van der Waals surface area contributed by atoms with E-state index in [9.17, 15) is 4.39 Å². The van der Waals surface area contributed by atoms with E-state index < -0.39 is 0 Å². The highest BCUT2D eigenvalue weighted by molar-refractivity contribution is 5.75. The third kappa shape index (κ3) is 2.47. The number of hydrogen-bond acceptors (Lipinski definition) is 3. The Bertz CT molecular complexity index is 529. The number of rotatable bonds is 3. The Balaban J connectivity index is 2.35. The third-order valence-electron chi connectivity index (χ3n) is 2.39. The van der Waals surface area contributed by atoms with Gasteiger partial charge in [0.1, 0.15) is 11.6 Å². The molecule has 2 aromatic carbocycles. The van der Waals surface area contributed by atoms with Gasteiger partial charge in [0.15, 0.2) is 0 Å². The second kappa shape index (κ2) is 4.74. The summed E-state index contributed by atoms with van der Waals surface area (Å²) in [4.78, 5) is 0. The highest BCUT2D eigenvalue weighted by Crippen LogP contribution is 2.30. The van der Waals surface area contributed by atoms with Gasteiger partial charge in [-0.05, 0) is 24.3 Å². The van der Waals surface area contributed by atoms with E-state index >= 15 is 0 Å². The molecule has 0 spiro atoms. The molecule has 0 aliphatic heterocycles. The smallest absolute Gasteiger partial charge is 0.142 e. The molecule has 0 aliphatic carbocycles. The van der Waals surface area contributed by atoms with Gasteiger partial charge in [-0.3, -0.25) is 0 Å². The van der Waals surface area contributed by atoms with Gasteiger partial charge in [-0.1, -0.05) is 12.1 Å². The number of hydrogen-bond donors (Lipinski definition) is 2. The van der Waals surface area contributed by atoms with Crippen LogP contribution in [-0.4, -0.2) is 7.11 Å². The van der Waals surface area contributed by atoms with Crippen LogP contribution in [0, 0.1) is 5.82 Å². The maximum absolute atomic E-state index is 13.2. The summed E-state index contributed by atoms with van der Waals surface area (Å²) in [6.45, 7) is 0. The predicted octanol–water partition coefficient (Wildman–Crippen LogP) is 3.16. The van der Waals surface area contributed by atoms with Crippen molar-refractivity contribution in [1.29, 1.82) is 0 Å². The van der Waals surface area contributed by atoms with Crippen LogP contribution in [0.1, 0.15) is 0 Å². The molecule has 0 aliphatic rings. The lowest BCUT2D eigenvalue weighted by Crippen LogP contribution is -1.98. The largest absolute Gasteiger partial charge is 0.495 e. The summed E-state index contributed by atoms with van der Waals surface area (Å²) in [6, 6.07) is 11.6. The first-order valence-corrected chi connectivity index (χ1v) is 5.16. The summed E-state index contributed by atoms with van der Waals surface area (Å²) in [5, 5.41) is 3.04. The Labute approximate surface area is 99.0 Å². The lowest BCUT2D eigenvalue weighted by atomic mass is 10.2. The summed E-state index contributed by atoms with van der Waals surface area (Å²) in [5.74, 6) is 0.234. The van der Waals surface area contributed by atoms with Gasteiger partial charge in [0, 0.05) is 6.07 Å². The average Bonchev–Trinajstić information content (AvgIpc) is 2.32. The Morgan fingerprint density at radius 1 is 1.12 bits per heavy atom. The van der Waals surface area contributed by atoms with Gasteiger partial charge in [-0.2, -0.15) is 0 Å².